The Morgan fingerprint density at radius 2 is 1.75 bits per heavy atom. The number of phenols is 1. The summed E-state index contributed by atoms with van der Waals surface area (Å²) in [6.45, 7) is -0.212. The maximum Gasteiger partial charge on any atom is 0.318 e. The number of carboxylic acids is 1. The molecule has 1 saturated heterocycles. The van der Waals surface area contributed by atoms with Gasteiger partial charge in [0.1, 0.15) is 29.6 Å². The number of aliphatic hydroxyl groups excluding tert-OH is 1. The summed E-state index contributed by atoms with van der Waals surface area (Å²) >= 11 is 0. The third-order valence-electron chi connectivity index (χ3n) is 7.16. The number of hydrogen-bond acceptors (Lipinski definition) is 10. The van der Waals surface area contributed by atoms with E-state index in [1.807, 2.05) is 4.90 Å². The summed E-state index contributed by atoms with van der Waals surface area (Å²) in [5.74, 6) is -3.42. The predicted octanol–water partition coefficient (Wildman–Crippen LogP) is 2.93. The van der Waals surface area contributed by atoms with Crippen molar-refractivity contribution in [2.75, 3.05) is 31.1 Å². The Labute approximate surface area is 253 Å². The van der Waals surface area contributed by atoms with E-state index in [2.05, 4.69) is 9.68 Å². The van der Waals surface area contributed by atoms with Gasteiger partial charge in [-0.3, -0.25) is 4.79 Å². The van der Waals surface area contributed by atoms with Gasteiger partial charge in [-0.15, -0.1) is 4.36 Å². The van der Waals surface area contributed by atoms with E-state index < -0.39 is 57.3 Å². The average Bonchev–Trinajstić information content (AvgIpc) is 2.98. The number of carbonyl (C=O) groups is 1. The Balaban J connectivity index is 1.36. The van der Waals surface area contributed by atoms with E-state index >= 15 is 0 Å². The van der Waals surface area contributed by atoms with Gasteiger partial charge in [-0.05, 0) is 73.0 Å². The van der Waals surface area contributed by atoms with Crippen LogP contribution < -0.4 is 10.2 Å². The molecule has 12 nitrogen and oxygen atoms in total. The number of aromatic hydroxyl groups is 1. The highest BCUT2D eigenvalue weighted by atomic mass is 32.2. The number of hydrogen-bond donors (Lipinski definition) is 4. The number of rotatable bonds is 12. The molecule has 0 saturated carbocycles. The Kier molecular flexibility index (Phi) is 10.6. The molecule has 4 N–H and O–H groups in total. The summed E-state index contributed by atoms with van der Waals surface area (Å²) in [6, 6.07) is 12.5. The summed E-state index contributed by atoms with van der Waals surface area (Å²) in [7, 11) is -7.13. The highest BCUT2D eigenvalue weighted by Crippen LogP contribution is 2.30. The van der Waals surface area contributed by atoms with Crippen molar-refractivity contribution in [3.8, 4) is 5.75 Å². The van der Waals surface area contributed by atoms with Crippen molar-refractivity contribution < 1.29 is 45.7 Å². The maximum absolute atomic E-state index is 14.2. The van der Waals surface area contributed by atoms with Gasteiger partial charge < -0.3 is 25.5 Å². The topological polar surface area (TPSA) is 177 Å². The molecule has 0 aliphatic carbocycles. The predicted molar refractivity (Wildman–Crippen MR) is 155 cm³/mol. The van der Waals surface area contributed by atoms with Crippen molar-refractivity contribution in [3.63, 3.8) is 0 Å². The lowest BCUT2D eigenvalue weighted by atomic mass is 10.0. The van der Waals surface area contributed by atoms with Gasteiger partial charge in [-0.1, -0.05) is 6.07 Å². The smallest absolute Gasteiger partial charge is 0.318 e. The lowest BCUT2D eigenvalue weighted by molar-refractivity contribution is -0.137. The Morgan fingerprint density at radius 3 is 2.39 bits per heavy atom. The number of anilines is 1. The molecule has 3 aromatic carbocycles. The van der Waals surface area contributed by atoms with Crippen LogP contribution in [0.25, 0.3) is 0 Å². The standard InChI is InChI=1S/C28H30F2N4O8S2/c29-20-2-7-24(30)19(13-20)16-34(17-28(37)38)44(41,42)23-5-3-22(4-6-23)33-11-9-21(10-12-33)31-15-27(36)18-1-8-26(35)25(14-18)32-43(39)40/h1-8,13-14,21,27,31,35-36H,9-12,15-17H2,(H,37,38)/t27-/m0/s1. The van der Waals surface area contributed by atoms with Crippen molar-refractivity contribution in [1.29, 1.82) is 0 Å². The van der Waals surface area contributed by atoms with Crippen molar-refractivity contribution in [3.05, 3.63) is 83.4 Å². The fourth-order valence-electron chi connectivity index (χ4n) is 4.85. The lowest BCUT2D eigenvalue weighted by Crippen LogP contribution is -2.43. The van der Waals surface area contributed by atoms with Crippen LogP contribution in [0.3, 0.4) is 0 Å². The summed E-state index contributed by atoms with van der Waals surface area (Å²) < 4.78 is 79.9. The SMILES string of the molecule is O=C(O)CN(Cc1cc(F)ccc1F)S(=O)(=O)c1ccc(N2CCC(NC[C@H](O)c3ccc(O)c(N=S(=O)=O)c3)CC2)cc1. The number of halogens is 2. The summed E-state index contributed by atoms with van der Waals surface area (Å²) in [4.78, 5) is 13.2. The molecule has 1 aliphatic rings. The van der Waals surface area contributed by atoms with E-state index in [4.69, 9.17) is 0 Å². The van der Waals surface area contributed by atoms with Crippen LogP contribution in [0.5, 0.6) is 5.75 Å². The van der Waals surface area contributed by atoms with Gasteiger partial charge in [-0.25, -0.2) is 17.2 Å². The Bertz CT molecular complexity index is 1740. The van der Waals surface area contributed by atoms with Crippen molar-refractivity contribution in [2.45, 2.75) is 36.4 Å². The second-order valence-corrected chi connectivity index (χ2v) is 12.7. The van der Waals surface area contributed by atoms with E-state index in [1.165, 1.54) is 30.3 Å². The second kappa shape index (κ2) is 14.2. The maximum atomic E-state index is 14.2. The van der Waals surface area contributed by atoms with Gasteiger partial charge in [0.05, 0.1) is 11.0 Å². The Morgan fingerprint density at radius 1 is 1.07 bits per heavy atom. The summed E-state index contributed by atoms with van der Waals surface area (Å²) in [5.41, 5.74) is 0.655. The minimum absolute atomic E-state index is 0.0590. The molecule has 0 bridgehead atoms. The molecule has 0 spiro atoms. The van der Waals surface area contributed by atoms with E-state index in [-0.39, 0.29) is 34.5 Å². The number of nitrogens with one attached hydrogen (secondary N) is 1. The number of carboxylic acid groups (broad SMARTS) is 1. The van der Waals surface area contributed by atoms with Crippen LogP contribution in [0, 0.1) is 11.6 Å². The molecule has 0 unspecified atom stereocenters. The van der Waals surface area contributed by atoms with Crippen LogP contribution in [-0.4, -0.2) is 74.7 Å². The number of aliphatic hydroxyl groups is 1. The van der Waals surface area contributed by atoms with Gasteiger partial charge in [-0.2, -0.15) is 12.7 Å². The zero-order valence-electron chi connectivity index (χ0n) is 23.2. The van der Waals surface area contributed by atoms with Crippen LogP contribution in [0.1, 0.15) is 30.1 Å². The van der Waals surface area contributed by atoms with Gasteiger partial charge in [0, 0.05) is 43.5 Å². The Hall–Kier alpha value is -3.96. The van der Waals surface area contributed by atoms with Gasteiger partial charge in [0.2, 0.25) is 10.0 Å². The van der Waals surface area contributed by atoms with Gasteiger partial charge >= 0.3 is 16.5 Å². The molecule has 16 heteroatoms. The fourth-order valence-corrected chi connectivity index (χ4v) is 6.52. The summed E-state index contributed by atoms with van der Waals surface area (Å²) in [5, 5.41) is 32.9. The second-order valence-electron chi connectivity index (χ2n) is 10.1. The van der Waals surface area contributed by atoms with Crippen molar-refractivity contribution in [1.82, 2.24) is 9.62 Å². The highest BCUT2D eigenvalue weighted by molar-refractivity contribution is 7.89. The molecule has 1 aliphatic heterocycles. The number of piperidine rings is 1. The minimum Gasteiger partial charge on any atom is -0.506 e. The van der Waals surface area contributed by atoms with Crippen molar-refractivity contribution >= 4 is 37.9 Å². The number of nitrogens with zero attached hydrogens (tertiary/aromatic N) is 3. The van der Waals surface area contributed by atoms with E-state index in [9.17, 15) is 45.7 Å². The first-order valence-corrected chi connectivity index (χ1v) is 15.9. The molecule has 236 valence electrons. The number of phenolic OH excluding ortho intramolecular Hbond substituents is 1. The van der Waals surface area contributed by atoms with Crippen LogP contribution >= 0.6 is 0 Å². The van der Waals surface area contributed by atoms with Crippen LogP contribution in [0.4, 0.5) is 20.2 Å². The number of benzene rings is 3. The average molecular weight is 653 g/mol. The molecule has 1 atom stereocenters. The first-order chi connectivity index (χ1) is 20.8. The normalized spacial score (nSPS) is 14.9. The molecule has 1 fully saturated rings. The van der Waals surface area contributed by atoms with Crippen molar-refractivity contribution in [2.24, 2.45) is 4.36 Å². The largest absolute Gasteiger partial charge is 0.506 e. The summed E-state index contributed by atoms with van der Waals surface area (Å²) in [6.07, 6.45) is 0.420. The quantitative estimate of drug-likeness (QED) is 0.228. The molecular weight excluding hydrogens is 622 g/mol. The first-order valence-electron chi connectivity index (χ1n) is 13.4. The minimum atomic E-state index is -4.37. The molecule has 0 aromatic heterocycles. The monoisotopic (exact) mass is 652 g/mol. The fraction of sp³-hybridized carbons (Fsp3) is 0.321. The van der Waals surface area contributed by atoms with E-state index in [1.54, 1.807) is 12.1 Å². The van der Waals surface area contributed by atoms with E-state index in [0.29, 0.717) is 35.8 Å². The lowest BCUT2D eigenvalue weighted by Gasteiger charge is -2.34. The molecular formula is C28H30F2N4O8S2. The number of aliphatic carboxylic acids is 1. The zero-order valence-corrected chi connectivity index (χ0v) is 24.8. The third kappa shape index (κ3) is 8.35. The molecule has 44 heavy (non-hydrogen) atoms. The van der Waals surface area contributed by atoms with Gasteiger partial charge in [0.15, 0.2) is 0 Å². The first kappa shape index (κ1) is 32.9. The molecule has 4 rings (SSSR count). The van der Waals surface area contributed by atoms with Gasteiger partial charge in [0.25, 0.3) is 0 Å². The molecule has 0 radical (unpaired) electrons. The molecule has 1 heterocycles. The van der Waals surface area contributed by atoms with Crippen LogP contribution in [-0.2, 0) is 31.9 Å². The highest BCUT2D eigenvalue weighted by Gasteiger charge is 2.28. The zero-order chi connectivity index (χ0) is 32.0. The third-order valence-corrected chi connectivity index (χ3v) is 9.31. The van der Waals surface area contributed by atoms with E-state index in [0.717, 1.165) is 23.9 Å². The van der Waals surface area contributed by atoms with Crippen LogP contribution in [0.2, 0.25) is 0 Å². The van der Waals surface area contributed by atoms with Crippen LogP contribution in [0.15, 0.2) is 69.9 Å². The molecule has 3 aromatic rings. The number of sulfonamides is 1. The molecule has 0 amide bonds.